The van der Waals surface area contributed by atoms with Crippen molar-refractivity contribution in [1.82, 2.24) is 4.72 Å². The predicted molar refractivity (Wildman–Crippen MR) is 111 cm³/mol. The van der Waals surface area contributed by atoms with Crippen LogP contribution in [0.3, 0.4) is 0 Å². The van der Waals surface area contributed by atoms with Crippen LogP contribution in [-0.4, -0.2) is 26.8 Å². The molecule has 10 heteroatoms. The zero-order valence-electron chi connectivity index (χ0n) is 14.5. The van der Waals surface area contributed by atoms with Gasteiger partial charge in [-0.2, -0.15) is 0 Å². The average Bonchev–Trinajstić information content (AvgIpc) is 3.36. The smallest absolute Gasteiger partial charge is 0.265 e. The maximum atomic E-state index is 12.1. The Labute approximate surface area is 170 Å². The van der Waals surface area contributed by atoms with E-state index in [1.807, 2.05) is 5.38 Å². The zero-order valence-corrected chi connectivity index (χ0v) is 17.0. The van der Waals surface area contributed by atoms with Crippen LogP contribution in [0.4, 0.5) is 11.4 Å². The number of sulfonamides is 1. The summed E-state index contributed by atoms with van der Waals surface area (Å²) < 4.78 is 26.6. The van der Waals surface area contributed by atoms with Gasteiger partial charge in [-0.25, -0.2) is 13.1 Å². The highest BCUT2D eigenvalue weighted by molar-refractivity contribution is 7.91. The first-order valence-corrected chi connectivity index (χ1v) is 11.5. The van der Waals surface area contributed by atoms with Crippen LogP contribution in [0.5, 0.6) is 0 Å². The molecule has 0 aliphatic rings. The van der Waals surface area contributed by atoms with Crippen molar-refractivity contribution in [1.29, 1.82) is 0 Å². The molecule has 2 heterocycles. The number of benzene rings is 1. The molecule has 2 amide bonds. The van der Waals surface area contributed by atoms with E-state index in [2.05, 4.69) is 15.4 Å². The highest BCUT2D eigenvalue weighted by atomic mass is 32.2. The number of nitrogens with one attached hydrogen (secondary N) is 3. The van der Waals surface area contributed by atoms with E-state index in [0.717, 1.165) is 11.3 Å². The predicted octanol–water partition coefficient (Wildman–Crippen LogP) is 3.37. The van der Waals surface area contributed by atoms with E-state index in [0.29, 0.717) is 16.3 Å². The molecule has 28 heavy (non-hydrogen) atoms. The second-order valence-electron chi connectivity index (χ2n) is 5.64. The number of hydrogen-bond acceptors (Lipinski definition) is 6. The van der Waals surface area contributed by atoms with Crippen LogP contribution in [-0.2, 0) is 14.8 Å². The number of amides is 2. The third-order valence-electron chi connectivity index (χ3n) is 3.55. The van der Waals surface area contributed by atoms with Crippen molar-refractivity contribution < 1.29 is 18.0 Å². The van der Waals surface area contributed by atoms with Crippen LogP contribution >= 0.6 is 22.7 Å². The summed E-state index contributed by atoms with van der Waals surface area (Å²) in [5.41, 5.74) is 1.06. The number of carbonyl (C=O) groups is 2. The first-order chi connectivity index (χ1) is 13.4. The van der Waals surface area contributed by atoms with Gasteiger partial charge in [0, 0.05) is 24.3 Å². The van der Waals surface area contributed by atoms with E-state index in [1.54, 1.807) is 47.8 Å². The van der Waals surface area contributed by atoms with Gasteiger partial charge in [0.2, 0.25) is 15.9 Å². The van der Waals surface area contributed by atoms with E-state index in [9.17, 15) is 18.0 Å². The normalized spacial score (nSPS) is 11.1. The minimum atomic E-state index is -3.59. The van der Waals surface area contributed by atoms with Crippen molar-refractivity contribution in [3.63, 3.8) is 0 Å². The molecule has 1 aromatic carbocycles. The van der Waals surface area contributed by atoms with Gasteiger partial charge >= 0.3 is 0 Å². The van der Waals surface area contributed by atoms with Crippen LogP contribution in [0, 0.1) is 0 Å². The van der Waals surface area contributed by atoms with E-state index in [1.165, 1.54) is 17.4 Å². The van der Waals surface area contributed by atoms with Gasteiger partial charge < -0.3 is 10.6 Å². The number of anilines is 2. The Morgan fingerprint density at radius 1 is 0.893 bits per heavy atom. The van der Waals surface area contributed by atoms with E-state index in [4.69, 9.17) is 0 Å². The Balaban J connectivity index is 1.51. The van der Waals surface area contributed by atoms with Crippen LogP contribution in [0.15, 0.2) is 63.5 Å². The van der Waals surface area contributed by atoms with Crippen molar-refractivity contribution in [2.75, 3.05) is 17.2 Å². The molecule has 0 radical (unpaired) electrons. The largest absolute Gasteiger partial charge is 0.326 e. The van der Waals surface area contributed by atoms with Crippen molar-refractivity contribution in [3.8, 4) is 0 Å². The molecule has 7 nitrogen and oxygen atoms in total. The third-order valence-corrected chi connectivity index (χ3v) is 7.28. The van der Waals surface area contributed by atoms with Gasteiger partial charge in [-0.1, -0.05) is 18.2 Å². The zero-order chi connectivity index (χ0) is 20.0. The topological polar surface area (TPSA) is 104 Å². The van der Waals surface area contributed by atoms with Crippen LogP contribution in [0.25, 0.3) is 0 Å². The van der Waals surface area contributed by atoms with Crippen molar-refractivity contribution in [2.45, 2.75) is 10.6 Å². The number of carbonyl (C=O) groups excluding carboxylic acids is 2. The van der Waals surface area contributed by atoms with Gasteiger partial charge in [0.15, 0.2) is 0 Å². The summed E-state index contributed by atoms with van der Waals surface area (Å²) in [7, 11) is -3.59. The van der Waals surface area contributed by atoms with Gasteiger partial charge in [0.05, 0.1) is 4.88 Å². The molecule has 0 bridgehead atoms. The first kappa shape index (κ1) is 20.2. The van der Waals surface area contributed by atoms with Gasteiger partial charge in [-0.3, -0.25) is 9.59 Å². The summed E-state index contributed by atoms with van der Waals surface area (Å²) in [6.45, 7) is -0.0130. The molecular weight excluding hydrogens is 418 g/mol. The molecule has 3 N–H and O–H groups in total. The lowest BCUT2D eigenvalue weighted by Crippen LogP contribution is -2.27. The van der Waals surface area contributed by atoms with Crippen LogP contribution in [0.1, 0.15) is 16.1 Å². The molecule has 3 aromatic rings. The van der Waals surface area contributed by atoms with Crippen molar-refractivity contribution >= 4 is 55.9 Å². The molecule has 0 saturated heterocycles. The van der Waals surface area contributed by atoms with E-state index in [-0.39, 0.29) is 29.0 Å². The quantitative estimate of drug-likeness (QED) is 0.505. The minimum Gasteiger partial charge on any atom is -0.326 e. The summed E-state index contributed by atoms with van der Waals surface area (Å²) in [4.78, 5) is 24.8. The molecule has 0 atom stereocenters. The summed E-state index contributed by atoms with van der Waals surface area (Å²) in [5, 5.41) is 8.95. The minimum absolute atomic E-state index is 0.0130. The second-order valence-corrected chi connectivity index (χ2v) is 9.53. The molecule has 146 valence electrons. The average molecular weight is 436 g/mol. The molecule has 0 fully saturated rings. The lowest BCUT2D eigenvalue weighted by molar-refractivity contribution is -0.116. The summed E-state index contributed by atoms with van der Waals surface area (Å²) in [6, 6.07) is 13.4. The SMILES string of the molecule is O=C(CCNS(=O)(=O)c1cccs1)Nc1cccc(NC(=O)c2cccs2)c1. The fourth-order valence-corrected chi connectivity index (χ4v) is 4.97. The number of hydrogen-bond donors (Lipinski definition) is 3. The summed E-state index contributed by atoms with van der Waals surface area (Å²) in [5.74, 6) is -0.558. The lowest BCUT2D eigenvalue weighted by Gasteiger charge is -2.09. The molecule has 3 rings (SSSR count). The Bertz CT molecular complexity index is 1050. The van der Waals surface area contributed by atoms with Gasteiger partial charge in [-0.05, 0) is 41.1 Å². The molecular formula is C18H17N3O4S3. The molecule has 0 aliphatic carbocycles. The molecule has 0 saturated carbocycles. The number of thiophene rings is 2. The molecule has 0 aliphatic heterocycles. The maximum absolute atomic E-state index is 12.1. The van der Waals surface area contributed by atoms with Crippen molar-refractivity contribution in [3.05, 3.63) is 64.2 Å². The fourth-order valence-electron chi connectivity index (χ4n) is 2.29. The van der Waals surface area contributed by atoms with Gasteiger partial charge in [-0.15, -0.1) is 22.7 Å². The fraction of sp³-hybridized carbons (Fsp3) is 0.111. The van der Waals surface area contributed by atoms with Gasteiger partial charge in [0.1, 0.15) is 4.21 Å². The number of rotatable bonds is 8. The van der Waals surface area contributed by atoms with E-state index >= 15 is 0 Å². The molecule has 0 spiro atoms. The van der Waals surface area contributed by atoms with E-state index < -0.39 is 10.0 Å². The Hall–Kier alpha value is -2.53. The van der Waals surface area contributed by atoms with Crippen LogP contribution in [0.2, 0.25) is 0 Å². The Kier molecular flexibility index (Phi) is 6.57. The summed E-state index contributed by atoms with van der Waals surface area (Å²) >= 11 is 2.45. The summed E-state index contributed by atoms with van der Waals surface area (Å²) in [6.07, 6.45) is -0.0175. The lowest BCUT2D eigenvalue weighted by atomic mass is 10.2. The second kappa shape index (κ2) is 9.11. The highest BCUT2D eigenvalue weighted by Crippen LogP contribution is 2.18. The van der Waals surface area contributed by atoms with Crippen molar-refractivity contribution in [2.24, 2.45) is 0 Å². The first-order valence-electron chi connectivity index (χ1n) is 8.22. The monoisotopic (exact) mass is 435 g/mol. The van der Waals surface area contributed by atoms with Gasteiger partial charge in [0.25, 0.3) is 5.91 Å². The Morgan fingerprint density at radius 3 is 2.29 bits per heavy atom. The maximum Gasteiger partial charge on any atom is 0.265 e. The van der Waals surface area contributed by atoms with Crippen LogP contribution < -0.4 is 15.4 Å². The molecule has 0 unspecified atom stereocenters. The molecule has 2 aromatic heterocycles. The third kappa shape index (κ3) is 5.49. The standard InChI is InChI=1S/C18H17N3O4S3/c22-16(8-9-19-28(24,25)17-7-3-11-27-17)20-13-4-1-5-14(12-13)21-18(23)15-6-2-10-26-15/h1-7,10-12,19H,8-9H2,(H,20,22)(H,21,23). The Morgan fingerprint density at radius 2 is 1.61 bits per heavy atom. The highest BCUT2D eigenvalue weighted by Gasteiger charge is 2.15.